The van der Waals surface area contributed by atoms with E-state index in [1.165, 1.54) is 5.56 Å². The van der Waals surface area contributed by atoms with E-state index in [0.29, 0.717) is 6.61 Å². The molecule has 0 radical (unpaired) electrons. The summed E-state index contributed by atoms with van der Waals surface area (Å²) in [4.78, 5) is 0. The van der Waals surface area contributed by atoms with E-state index in [0.717, 1.165) is 24.2 Å². The minimum Gasteiger partial charge on any atom is -0.496 e. The fourth-order valence-corrected chi connectivity index (χ4v) is 2.80. The summed E-state index contributed by atoms with van der Waals surface area (Å²) in [5.41, 5.74) is 1.98. The van der Waals surface area contributed by atoms with E-state index in [2.05, 4.69) is 19.9 Å². The van der Waals surface area contributed by atoms with Crippen molar-refractivity contribution in [2.45, 2.75) is 37.7 Å². The van der Waals surface area contributed by atoms with E-state index in [1.807, 2.05) is 12.1 Å². The summed E-state index contributed by atoms with van der Waals surface area (Å²) in [6.07, 6.45) is 1.75. The second-order valence-corrected chi connectivity index (χ2v) is 5.49. The molecule has 2 rings (SSSR count). The molecule has 1 aromatic carbocycles. The molecular weight excluding hydrogens is 236 g/mol. The van der Waals surface area contributed by atoms with E-state index in [1.54, 1.807) is 7.11 Å². The first-order valence-corrected chi connectivity index (χ1v) is 6.42. The van der Waals surface area contributed by atoms with Gasteiger partial charge in [0.25, 0.3) is 0 Å². The van der Waals surface area contributed by atoms with Crippen molar-refractivity contribution in [3.63, 3.8) is 0 Å². The molecule has 1 fully saturated rings. The van der Waals surface area contributed by atoms with Crippen molar-refractivity contribution in [3.8, 4) is 5.75 Å². The average Bonchev–Trinajstić information content (AvgIpc) is 2.28. The molecule has 2 unspecified atom stereocenters. The Hall–Kier alpha value is -0.730. The third-order valence-electron chi connectivity index (χ3n) is 3.39. The minimum absolute atomic E-state index is 0.180. The highest BCUT2D eigenvalue weighted by molar-refractivity contribution is 6.20. The fourth-order valence-electron chi connectivity index (χ4n) is 2.42. The van der Waals surface area contributed by atoms with Crippen LogP contribution >= 0.6 is 11.6 Å². The molecule has 3 heteroatoms. The van der Waals surface area contributed by atoms with Crippen molar-refractivity contribution in [2.24, 2.45) is 0 Å². The molecule has 17 heavy (non-hydrogen) atoms. The smallest absolute Gasteiger partial charge is 0.124 e. The monoisotopic (exact) mass is 254 g/mol. The van der Waals surface area contributed by atoms with Gasteiger partial charge in [0, 0.05) is 17.5 Å². The first kappa shape index (κ1) is 12.7. The molecule has 0 saturated carbocycles. The van der Waals surface area contributed by atoms with Crippen molar-refractivity contribution < 1.29 is 9.47 Å². The van der Waals surface area contributed by atoms with Crippen LogP contribution in [-0.2, 0) is 10.3 Å². The van der Waals surface area contributed by atoms with Crippen molar-refractivity contribution in [1.29, 1.82) is 0 Å². The lowest BCUT2D eigenvalue weighted by molar-refractivity contribution is -0.0695. The highest BCUT2D eigenvalue weighted by atomic mass is 35.5. The maximum atomic E-state index is 6.27. The van der Waals surface area contributed by atoms with Crippen LogP contribution < -0.4 is 4.74 Å². The van der Waals surface area contributed by atoms with Crippen molar-refractivity contribution in [1.82, 2.24) is 0 Å². The molecule has 0 spiro atoms. The topological polar surface area (TPSA) is 18.5 Å². The van der Waals surface area contributed by atoms with Gasteiger partial charge in [0.15, 0.2) is 0 Å². The second-order valence-electron chi connectivity index (χ2n) is 4.87. The number of hydrogen-bond acceptors (Lipinski definition) is 2. The van der Waals surface area contributed by atoms with Gasteiger partial charge < -0.3 is 9.47 Å². The Labute approximate surface area is 108 Å². The Morgan fingerprint density at radius 1 is 1.47 bits per heavy atom. The van der Waals surface area contributed by atoms with Crippen LogP contribution in [0.1, 0.15) is 30.9 Å². The van der Waals surface area contributed by atoms with Gasteiger partial charge in [-0.3, -0.25) is 0 Å². The van der Waals surface area contributed by atoms with Crippen molar-refractivity contribution in [2.75, 3.05) is 13.7 Å². The first-order valence-electron chi connectivity index (χ1n) is 5.98. The van der Waals surface area contributed by atoms with E-state index in [9.17, 15) is 0 Å². The molecule has 0 N–H and O–H groups in total. The Morgan fingerprint density at radius 2 is 2.24 bits per heavy atom. The second kappa shape index (κ2) is 4.87. The van der Waals surface area contributed by atoms with Gasteiger partial charge in [0.1, 0.15) is 5.75 Å². The number of alkyl halides is 1. The third kappa shape index (κ3) is 2.58. The molecule has 0 bridgehead atoms. The molecule has 2 nitrogen and oxygen atoms in total. The van der Waals surface area contributed by atoms with Crippen molar-refractivity contribution >= 4 is 11.6 Å². The summed E-state index contributed by atoms with van der Waals surface area (Å²) in [6.45, 7) is 4.88. The minimum atomic E-state index is -0.331. The number of halogens is 1. The summed E-state index contributed by atoms with van der Waals surface area (Å²) < 4.78 is 11.4. The van der Waals surface area contributed by atoms with E-state index < -0.39 is 0 Å². The van der Waals surface area contributed by atoms with E-state index in [-0.39, 0.29) is 11.0 Å². The lowest BCUT2D eigenvalue weighted by atomic mass is 9.86. The lowest BCUT2D eigenvalue weighted by Gasteiger charge is -2.37. The van der Waals surface area contributed by atoms with Crippen LogP contribution in [-0.4, -0.2) is 19.1 Å². The van der Waals surface area contributed by atoms with Gasteiger partial charge in [-0.25, -0.2) is 0 Å². The van der Waals surface area contributed by atoms with Gasteiger partial charge in [0.2, 0.25) is 0 Å². The molecule has 2 atom stereocenters. The SMILES string of the molecule is COc1ccc(C)cc1C1(C)CC(Cl)CCO1. The number of methoxy groups -OCH3 is 1. The van der Waals surface area contributed by atoms with Crippen LogP contribution in [0.2, 0.25) is 0 Å². The summed E-state index contributed by atoms with van der Waals surface area (Å²) >= 11 is 6.27. The molecule has 0 amide bonds. The lowest BCUT2D eigenvalue weighted by Crippen LogP contribution is -2.35. The summed E-state index contributed by atoms with van der Waals surface area (Å²) in [6, 6.07) is 6.18. The number of ether oxygens (including phenoxy) is 2. The quantitative estimate of drug-likeness (QED) is 0.751. The van der Waals surface area contributed by atoms with Crippen LogP contribution in [0.3, 0.4) is 0 Å². The molecule has 1 saturated heterocycles. The largest absolute Gasteiger partial charge is 0.496 e. The Balaban J connectivity index is 2.40. The Kier molecular flexibility index (Phi) is 3.64. The van der Waals surface area contributed by atoms with Crippen LogP contribution in [0.15, 0.2) is 18.2 Å². The number of hydrogen-bond donors (Lipinski definition) is 0. The van der Waals surface area contributed by atoms with E-state index in [4.69, 9.17) is 21.1 Å². The average molecular weight is 255 g/mol. The van der Waals surface area contributed by atoms with E-state index >= 15 is 0 Å². The highest BCUT2D eigenvalue weighted by Crippen LogP contribution is 2.41. The Morgan fingerprint density at radius 3 is 2.88 bits per heavy atom. The standard InChI is InChI=1S/C14H19ClO2/c1-10-4-5-13(16-3)12(8-10)14(2)9-11(15)6-7-17-14/h4-5,8,11H,6-7,9H2,1-3H3. The molecule has 1 aliphatic heterocycles. The maximum absolute atomic E-state index is 6.27. The third-order valence-corrected chi connectivity index (χ3v) is 3.76. The predicted molar refractivity (Wildman–Crippen MR) is 69.9 cm³/mol. The maximum Gasteiger partial charge on any atom is 0.124 e. The highest BCUT2D eigenvalue weighted by Gasteiger charge is 2.36. The van der Waals surface area contributed by atoms with Gasteiger partial charge in [-0.1, -0.05) is 11.6 Å². The summed E-state index contributed by atoms with van der Waals surface area (Å²) in [7, 11) is 1.69. The molecule has 0 aliphatic carbocycles. The van der Waals surface area contributed by atoms with Gasteiger partial charge in [-0.05, 0) is 38.8 Å². The zero-order chi connectivity index (χ0) is 12.5. The van der Waals surface area contributed by atoms with Crippen LogP contribution in [0.5, 0.6) is 5.75 Å². The van der Waals surface area contributed by atoms with Gasteiger partial charge >= 0.3 is 0 Å². The molecule has 0 aromatic heterocycles. The van der Waals surface area contributed by atoms with Crippen LogP contribution in [0.25, 0.3) is 0 Å². The summed E-state index contributed by atoms with van der Waals surface area (Å²) in [5.74, 6) is 0.879. The molecule has 1 aliphatic rings. The zero-order valence-electron chi connectivity index (χ0n) is 10.6. The van der Waals surface area contributed by atoms with Gasteiger partial charge in [-0.15, -0.1) is 11.6 Å². The van der Waals surface area contributed by atoms with Crippen LogP contribution in [0, 0.1) is 6.92 Å². The zero-order valence-corrected chi connectivity index (χ0v) is 11.4. The Bertz CT molecular complexity index is 405. The predicted octanol–water partition coefficient (Wildman–Crippen LogP) is 3.64. The molecular formula is C14H19ClO2. The number of benzene rings is 1. The molecule has 1 heterocycles. The fraction of sp³-hybridized carbons (Fsp3) is 0.571. The van der Waals surface area contributed by atoms with Gasteiger partial charge in [0.05, 0.1) is 12.7 Å². The summed E-state index contributed by atoms with van der Waals surface area (Å²) in [5, 5.41) is 0.180. The first-order chi connectivity index (χ1) is 8.05. The van der Waals surface area contributed by atoms with Crippen molar-refractivity contribution in [3.05, 3.63) is 29.3 Å². The number of aryl methyl sites for hydroxylation is 1. The molecule has 1 aromatic rings. The van der Waals surface area contributed by atoms with Crippen LogP contribution in [0.4, 0.5) is 0 Å². The normalized spacial score (nSPS) is 29.1. The number of rotatable bonds is 2. The molecule has 94 valence electrons. The van der Waals surface area contributed by atoms with Gasteiger partial charge in [-0.2, -0.15) is 0 Å².